The molecular weight excluding hydrogens is 264 g/mol. The van der Waals surface area contributed by atoms with E-state index < -0.39 is 10.0 Å². The van der Waals surface area contributed by atoms with Crippen LogP contribution in [-0.4, -0.2) is 32.9 Å². The molecule has 1 N–H and O–H groups in total. The van der Waals surface area contributed by atoms with Crippen LogP contribution in [0.1, 0.15) is 5.56 Å². The minimum atomic E-state index is -3.40. The van der Waals surface area contributed by atoms with Gasteiger partial charge in [-0.1, -0.05) is 6.07 Å². The highest BCUT2D eigenvalue weighted by Crippen LogP contribution is 2.25. The van der Waals surface area contributed by atoms with Gasteiger partial charge in [0.05, 0.1) is 23.6 Å². The van der Waals surface area contributed by atoms with Crippen molar-refractivity contribution in [2.75, 3.05) is 24.2 Å². The minimum Gasteiger partial charge on any atom is -0.384 e. The fraction of sp³-hybridized carbons (Fsp3) is 0.308. The van der Waals surface area contributed by atoms with Gasteiger partial charge in [-0.2, -0.15) is 0 Å². The Morgan fingerprint density at radius 2 is 2.11 bits per heavy atom. The van der Waals surface area contributed by atoms with Crippen molar-refractivity contribution in [2.24, 2.45) is 0 Å². The van der Waals surface area contributed by atoms with Gasteiger partial charge in [0.15, 0.2) is 0 Å². The minimum absolute atomic E-state index is 0.0703. The summed E-state index contributed by atoms with van der Waals surface area (Å²) in [4.78, 5) is 4.27. The van der Waals surface area contributed by atoms with E-state index in [9.17, 15) is 8.42 Å². The van der Waals surface area contributed by atoms with E-state index in [2.05, 4.69) is 9.71 Å². The third-order valence-corrected chi connectivity index (χ3v) is 4.03. The summed E-state index contributed by atoms with van der Waals surface area (Å²) >= 11 is 0. The highest BCUT2D eigenvalue weighted by Gasteiger charge is 2.12. The van der Waals surface area contributed by atoms with E-state index in [1.54, 1.807) is 18.3 Å². The van der Waals surface area contributed by atoms with Crippen LogP contribution in [0.25, 0.3) is 10.9 Å². The van der Waals surface area contributed by atoms with Crippen molar-refractivity contribution in [3.05, 3.63) is 36.0 Å². The average Bonchev–Trinajstić information content (AvgIpc) is 2.40. The maximum absolute atomic E-state index is 11.9. The molecule has 0 aliphatic rings. The lowest BCUT2D eigenvalue weighted by molar-refractivity contribution is 0.217. The van der Waals surface area contributed by atoms with E-state index in [1.165, 1.54) is 7.11 Å². The van der Waals surface area contributed by atoms with Crippen molar-refractivity contribution in [3.63, 3.8) is 0 Å². The fourth-order valence-electron chi connectivity index (χ4n) is 1.81. The smallest absolute Gasteiger partial charge is 0.235 e. The summed E-state index contributed by atoms with van der Waals surface area (Å²) in [6.07, 6.45) is 1.69. The Hall–Kier alpha value is -1.66. The third kappa shape index (κ3) is 3.21. The maximum atomic E-state index is 11.9. The molecule has 2 aromatic rings. The van der Waals surface area contributed by atoms with E-state index in [0.29, 0.717) is 5.69 Å². The Bertz CT molecular complexity index is 683. The molecule has 0 aliphatic carbocycles. The topological polar surface area (TPSA) is 68.3 Å². The quantitative estimate of drug-likeness (QED) is 0.908. The Morgan fingerprint density at radius 1 is 1.32 bits per heavy atom. The first-order valence-electron chi connectivity index (χ1n) is 5.87. The molecule has 0 saturated heterocycles. The molecule has 0 saturated carbocycles. The van der Waals surface area contributed by atoms with Crippen molar-refractivity contribution >= 4 is 26.6 Å². The van der Waals surface area contributed by atoms with E-state index in [0.717, 1.165) is 16.5 Å². The summed E-state index contributed by atoms with van der Waals surface area (Å²) in [6, 6.07) is 7.24. The van der Waals surface area contributed by atoms with Gasteiger partial charge in [0.1, 0.15) is 0 Å². The van der Waals surface area contributed by atoms with Gasteiger partial charge in [-0.3, -0.25) is 9.71 Å². The first-order chi connectivity index (χ1) is 9.03. The Kier molecular flexibility index (Phi) is 4.01. The van der Waals surface area contributed by atoms with E-state index in [1.807, 2.05) is 19.1 Å². The van der Waals surface area contributed by atoms with Crippen LogP contribution in [0.2, 0.25) is 0 Å². The highest BCUT2D eigenvalue weighted by atomic mass is 32.2. The number of sulfonamides is 1. The molecule has 1 heterocycles. The van der Waals surface area contributed by atoms with Gasteiger partial charge in [0, 0.05) is 18.7 Å². The predicted octanol–water partition coefficient (Wildman–Crippen LogP) is 1.93. The molecule has 0 spiro atoms. The van der Waals surface area contributed by atoms with Crippen molar-refractivity contribution < 1.29 is 13.2 Å². The summed E-state index contributed by atoms with van der Waals surface area (Å²) < 4.78 is 31.1. The van der Waals surface area contributed by atoms with Crippen LogP contribution in [-0.2, 0) is 14.8 Å². The number of anilines is 1. The number of fused-ring (bicyclic) bond motifs is 1. The Morgan fingerprint density at radius 3 is 2.84 bits per heavy atom. The van der Waals surface area contributed by atoms with Crippen LogP contribution in [0.3, 0.4) is 0 Å². The van der Waals surface area contributed by atoms with Crippen molar-refractivity contribution in [1.29, 1.82) is 0 Å². The molecule has 102 valence electrons. The molecule has 0 fully saturated rings. The van der Waals surface area contributed by atoms with Gasteiger partial charge in [0.25, 0.3) is 0 Å². The summed E-state index contributed by atoms with van der Waals surface area (Å²) in [5, 5.41) is 0.795. The number of aromatic nitrogens is 1. The van der Waals surface area contributed by atoms with E-state index in [-0.39, 0.29) is 12.4 Å². The van der Waals surface area contributed by atoms with Gasteiger partial charge >= 0.3 is 0 Å². The zero-order chi connectivity index (χ0) is 13.9. The number of benzene rings is 1. The van der Waals surface area contributed by atoms with E-state index in [4.69, 9.17) is 4.74 Å². The summed E-state index contributed by atoms with van der Waals surface area (Å²) in [5.41, 5.74) is 2.36. The first-order valence-corrected chi connectivity index (χ1v) is 7.52. The van der Waals surface area contributed by atoms with E-state index >= 15 is 0 Å². The molecule has 1 aromatic carbocycles. The molecule has 0 bridgehead atoms. The van der Waals surface area contributed by atoms with Crippen molar-refractivity contribution in [1.82, 2.24) is 4.98 Å². The van der Waals surface area contributed by atoms with Crippen molar-refractivity contribution in [3.8, 4) is 0 Å². The largest absolute Gasteiger partial charge is 0.384 e. The van der Waals surface area contributed by atoms with Gasteiger partial charge in [-0.05, 0) is 30.7 Å². The third-order valence-electron chi connectivity index (χ3n) is 2.79. The van der Waals surface area contributed by atoms with Crippen LogP contribution >= 0.6 is 0 Å². The Balaban J connectivity index is 2.39. The summed E-state index contributed by atoms with van der Waals surface area (Å²) in [5.74, 6) is -0.0703. The molecule has 5 nitrogen and oxygen atoms in total. The number of nitrogens with one attached hydrogen (secondary N) is 1. The molecule has 19 heavy (non-hydrogen) atoms. The molecular formula is C13H16N2O3S. The summed E-state index contributed by atoms with van der Waals surface area (Å²) in [6.45, 7) is 2.11. The second kappa shape index (κ2) is 5.54. The number of aryl methyl sites for hydroxylation is 1. The number of pyridine rings is 1. The van der Waals surface area contributed by atoms with Crippen LogP contribution in [0.15, 0.2) is 30.5 Å². The van der Waals surface area contributed by atoms with Gasteiger partial charge < -0.3 is 4.74 Å². The number of methoxy groups -OCH3 is 1. The zero-order valence-corrected chi connectivity index (χ0v) is 11.7. The summed E-state index contributed by atoms with van der Waals surface area (Å²) in [7, 11) is -1.93. The molecule has 0 amide bonds. The number of nitrogens with zero attached hydrogens (tertiary/aromatic N) is 1. The second-order valence-electron chi connectivity index (χ2n) is 4.24. The van der Waals surface area contributed by atoms with Crippen LogP contribution in [0.5, 0.6) is 0 Å². The lowest BCUT2D eigenvalue weighted by Crippen LogP contribution is -2.19. The molecule has 6 heteroatoms. The van der Waals surface area contributed by atoms with Gasteiger partial charge in [0.2, 0.25) is 10.0 Å². The predicted molar refractivity (Wildman–Crippen MR) is 75.8 cm³/mol. The van der Waals surface area contributed by atoms with Crippen molar-refractivity contribution in [2.45, 2.75) is 6.92 Å². The van der Waals surface area contributed by atoms with Crippen LogP contribution in [0, 0.1) is 6.92 Å². The Labute approximate surface area is 112 Å². The monoisotopic (exact) mass is 280 g/mol. The molecule has 0 radical (unpaired) electrons. The standard InChI is InChI=1S/C13H16N2O3S/c1-10-5-6-12(11-4-3-7-14-13(10)11)15-19(16,17)9-8-18-2/h3-7,15H,8-9H2,1-2H3. The van der Waals surface area contributed by atoms with Crippen LogP contribution in [0.4, 0.5) is 5.69 Å². The molecule has 0 aliphatic heterocycles. The molecule has 0 unspecified atom stereocenters. The molecule has 0 atom stereocenters. The normalized spacial score (nSPS) is 11.7. The fourth-order valence-corrected chi connectivity index (χ4v) is 2.82. The lowest BCUT2D eigenvalue weighted by Gasteiger charge is -2.11. The average molecular weight is 280 g/mol. The number of hydrogen-bond acceptors (Lipinski definition) is 4. The van der Waals surface area contributed by atoms with Crippen LogP contribution < -0.4 is 4.72 Å². The molecule has 1 aromatic heterocycles. The number of ether oxygens (including phenoxy) is 1. The first kappa shape index (κ1) is 13.8. The lowest BCUT2D eigenvalue weighted by atomic mass is 10.1. The molecule has 2 rings (SSSR count). The maximum Gasteiger partial charge on any atom is 0.235 e. The zero-order valence-electron chi connectivity index (χ0n) is 10.9. The van der Waals surface area contributed by atoms with Gasteiger partial charge in [-0.25, -0.2) is 8.42 Å². The number of rotatable bonds is 5. The number of hydrogen-bond donors (Lipinski definition) is 1. The SMILES string of the molecule is COCCS(=O)(=O)Nc1ccc(C)c2ncccc12. The van der Waals surface area contributed by atoms with Gasteiger partial charge in [-0.15, -0.1) is 0 Å². The second-order valence-corrected chi connectivity index (χ2v) is 6.09. The highest BCUT2D eigenvalue weighted by molar-refractivity contribution is 7.92.